The molecule has 2 amide bonds. The monoisotopic (exact) mass is 640 g/mol. The van der Waals surface area contributed by atoms with E-state index in [0.717, 1.165) is 5.56 Å². The van der Waals surface area contributed by atoms with E-state index in [1.807, 2.05) is 51.1 Å². The normalized spacial score (nSPS) is 28.0. The van der Waals surface area contributed by atoms with Crippen LogP contribution in [0.15, 0.2) is 60.7 Å². The highest BCUT2D eigenvalue weighted by molar-refractivity contribution is 6.32. The van der Waals surface area contributed by atoms with Gasteiger partial charge in [-0.15, -0.1) is 0 Å². The lowest BCUT2D eigenvalue weighted by Gasteiger charge is -2.27. The first-order valence-corrected chi connectivity index (χ1v) is 15.6. The molecule has 0 aromatic heterocycles. The zero-order valence-electron chi connectivity index (χ0n) is 25.9. The molecule has 0 bridgehead atoms. The van der Waals surface area contributed by atoms with Crippen molar-refractivity contribution in [1.29, 1.82) is 0 Å². The molecule has 0 radical (unpaired) electrons. The van der Waals surface area contributed by atoms with E-state index in [2.05, 4.69) is 10.6 Å². The second kappa shape index (κ2) is 15.4. The third-order valence-corrected chi connectivity index (χ3v) is 8.24. The maximum absolute atomic E-state index is 13.4. The number of carbonyl (C=O) groups excluding carboxylic acids is 4. The van der Waals surface area contributed by atoms with Gasteiger partial charge in [-0.3, -0.25) is 14.4 Å². The van der Waals surface area contributed by atoms with Crippen molar-refractivity contribution in [1.82, 2.24) is 10.6 Å². The van der Waals surface area contributed by atoms with Gasteiger partial charge in [0.15, 0.2) is 6.10 Å². The molecule has 0 spiro atoms. The number of ether oxygens (including phenoxy) is 3. The molecule has 7 atom stereocenters. The molecule has 2 aliphatic rings. The number of rotatable bonds is 7. The van der Waals surface area contributed by atoms with Crippen LogP contribution in [-0.4, -0.2) is 59.8 Å². The van der Waals surface area contributed by atoms with Crippen LogP contribution in [0.1, 0.15) is 57.8 Å². The fraction of sp³-hybridized carbons (Fsp3) is 0.471. The van der Waals surface area contributed by atoms with Crippen LogP contribution < -0.4 is 10.6 Å². The molecule has 242 valence electrons. The second-order valence-corrected chi connectivity index (χ2v) is 12.6. The van der Waals surface area contributed by atoms with Gasteiger partial charge in [-0.2, -0.15) is 0 Å². The van der Waals surface area contributed by atoms with Crippen LogP contribution in [0.25, 0.3) is 0 Å². The third kappa shape index (κ3) is 9.55. The number of esters is 2. The topological polar surface area (TPSA) is 144 Å². The summed E-state index contributed by atoms with van der Waals surface area (Å²) in [5.74, 6) is -3.49. The number of benzene rings is 2. The Bertz CT molecular complexity index is 1400. The Labute approximate surface area is 268 Å². The molecule has 10 nitrogen and oxygen atoms in total. The molecule has 2 aromatic rings. The lowest BCUT2D eigenvalue weighted by Crippen LogP contribution is -2.49. The second-order valence-electron chi connectivity index (χ2n) is 12.2. The molecule has 2 aromatic carbocycles. The number of cyclic esters (lactones) is 2. The fourth-order valence-electron chi connectivity index (χ4n) is 5.23. The van der Waals surface area contributed by atoms with Crippen LogP contribution in [0.4, 0.5) is 0 Å². The van der Waals surface area contributed by atoms with E-state index >= 15 is 0 Å². The molecule has 2 aliphatic heterocycles. The Hall–Kier alpha value is -3.89. The van der Waals surface area contributed by atoms with Gasteiger partial charge in [0, 0.05) is 25.3 Å². The van der Waals surface area contributed by atoms with E-state index < -0.39 is 47.9 Å². The zero-order chi connectivity index (χ0) is 32.7. The van der Waals surface area contributed by atoms with Gasteiger partial charge in [0.25, 0.3) is 0 Å². The van der Waals surface area contributed by atoms with Crippen molar-refractivity contribution in [3.05, 3.63) is 76.8 Å². The number of halogens is 1. The van der Waals surface area contributed by atoms with Crippen LogP contribution >= 0.6 is 11.6 Å². The highest BCUT2D eigenvalue weighted by Gasteiger charge is 2.47. The summed E-state index contributed by atoms with van der Waals surface area (Å²) in [7, 11) is 0. The van der Waals surface area contributed by atoms with Crippen molar-refractivity contribution in [2.45, 2.75) is 77.4 Å². The molecule has 45 heavy (non-hydrogen) atoms. The molecule has 3 N–H and O–H groups in total. The maximum Gasteiger partial charge on any atom is 0.347 e. The van der Waals surface area contributed by atoms with Crippen LogP contribution in [-0.2, 0) is 39.8 Å². The van der Waals surface area contributed by atoms with E-state index in [0.29, 0.717) is 5.56 Å². The maximum atomic E-state index is 13.4. The Morgan fingerprint density at radius 1 is 1.00 bits per heavy atom. The molecular weight excluding hydrogens is 600 g/mol. The van der Waals surface area contributed by atoms with Crippen LogP contribution in [0, 0.1) is 17.8 Å². The highest BCUT2D eigenvalue weighted by atomic mass is 35.5. The molecule has 4 rings (SSSR count). The fourth-order valence-corrected chi connectivity index (χ4v) is 5.43. The molecule has 1 fully saturated rings. The van der Waals surface area contributed by atoms with Crippen LogP contribution in [0.2, 0.25) is 5.02 Å². The number of epoxide rings is 1. The minimum Gasteiger partial charge on any atom is -0.506 e. The molecular formula is C34H41ClN2O8. The number of hydrogen-bond acceptors (Lipinski definition) is 8. The van der Waals surface area contributed by atoms with Gasteiger partial charge in [0.1, 0.15) is 24.0 Å². The largest absolute Gasteiger partial charge is 0.506 e. The van der Waals surface area contributed by atoms with Gasteiger partial charge in [-0.1, -0.05) is 81.8 Å². The first kappa shape index (κ1) is 34.0. The van der Waals surface area contributed by atoms with Gasteiger partial charge < -0.3 is 30.0 Å². The average Bonchev–Trinajstić information content (AvgIpc) is 3.81. The van der Waals surface area contributed by atoms with Crippen molar-refractivity contribution in [3.63, 3.8) is 0 Å². The van der Waals surface area contributed by atoms with Crippen molar-refractivity contribution in [3.8, 4) is 5.75 Å². The van der Waals surface area contributed by atoms with Crippen molar-refractivity contribution < 1.29 is 38.5 Å². The Morgan fingerprint density at radius 2 is 1.73 bits per heavy atom. The summed E-state index contributed by atoms with van der Waals surface area (Å²) < 4.78 is 17.6. The summed E-state index contributed by atoms with van der Waals surface area (Å²) in [6.07, 6.45) is 1.24. The quantitative estimate of drug-likeness (QED) is 0.298. The standard InChI is InChI=1S/C34H41ClN2O8/c1-19(2)15-28-34(42)43-27(21(4)30-31(45-30)23-9-6-5-7-10-23)11-8-12-29(39)37-25(17-22-13-14-26(38)24(35)16-22)32(40)36-18-20(3)33(41)44-28/h5-10,12-14,16,19-21,25,27-28,30-31,38H,11,15,17-18H2,1-4H3,(H,36,40)(H,37,39)/b12-8+/t20-,21-,25-,27+,28+,30-,31+/m1/s1. The predicted molar refractivity (Wildman–Crippen MR) is 167 cm³/mol. The first-order chi connectivity index (χ1) is 21.4. The van der Waals surface area contributed by atoms with Gasteiger partial charge in [0.2, 0.25) is 11.8 Å². The average molecular weight is 641 g/mol. The van der Waals surface area contributed by atoms with Gasteiger partial charge in [0.05, 0.1) is 17.0 Å². The summed E-state index contributed by atoms with van der Waals surface area (Å²) >= 11 is 6.06. The molecule has 0 saturated carbocycles. The Balaban J connectivity index is 1.58. The number of aromatic hydroxyl groups is 1. The summed E-state index contributed by atoms with van der Waals surface area (Å²) in [5.41, 5.74) is 1.63. The van der Waals surface area contributed by atoms with Crippen LogP contribution in [0.3, 0.4) is 0 Å². The van der Waals surface area contributed by atoms with Gasteiger partial charge >= 0.3 is 11.9 Å². The number of nitrogens with one attached hydrogen (secondary N) is 2. The Kier molecular flexibility index (Phi) is 11.6. The smallest absolute Gasteiger partial charge is 0.347 e. The SMILES string of the molecule is CC(C)C[C@@H]1OC(=O)[C@H](C)CNC(=O)[C@@H](Cc2ccc(O)c(Cl)c2)NC(=O)/C=C/C[C@@H]([C@@H](C)[C@H]2O[C@H]2c2ccccc2)OC1=O. The van der Waals surface area contributed by atoms with Crippen molar-refractivity contribution in [2.75, 3.05) is 6.54 Å². The van der Waals surface area contributed by atoms with E-state index in [4.69, 9.17) is 25.8 Å². The number of phenols is 1. The summed E-state index contributed by atoms with van der Waals surface area (Å²) in [5, 5.41) is 15.3. The van der Waals surface area contributed by atoms with Crippen molar-refractivity contribution >= 4 is 35.4 Å². The number of hydrogen-bond donors (Lipinski definition) is 3. The molecule has 1 saturated heterocycles. The number of phenolic OH excluding ortho intramolecular Hbond substituents is 1. The zero-order valence-corrected chi connectivity index (χ0v) is 26.7. The van der Waals surface area contributed by atoms with E-state index in [9.17, 15) is 24.3 Å². The van der Waals surface area contributed by atoms with Crippen LogP contribution in [0.5, 0.6) is 5.75 Å². The number of carbonyl (C=O) groups is 4. The minimum atomic E-state index is -1.14. The van der Waals surface area contributed by atoms with Crippen molar-refractivity contribution in [2.24, 2.45) is 17.8 Å². The molecule has 11 heteroatoms. The lowest BCUT2D eigenvalue weighted by molar-refractivity contribution is -0.176. The Morgan fingerprint density at radius 3 is 2.42 bits per heavy atom. The lowest BCUT2D eigenvalue weighted by atomic mass is 9.93. The molecule has 0 aliphatic carbocycles. The highest BCUT2D eigenvalue weighted by Crippen LogP contribution is 2.45. The van der Waals surface area contributed by atoms with E-state index in [-0.39, 0.29) is 60.6 Å². The van der Waals surface area contributed by atoms with E-state index in [1.54, 1.807) is 19.1 Å². The summed E-state index contributed by atoms with van der Waals surface area (Å²) in [6, 6.07) is 13.3. The minimum absolute atomic E-state index is 0.0267. The summed E-state index contributed by atoms with van der Waals surface area (Å²) in [6.45, 7) is 7.24. The number of amides is 2. The predicted octanol–water partition coefficient (Wildman–Crippen LogP) is 4.43. The first-order valence-electron chi connectivity index (χ1n) is 15.3. The molecule has 2 heterocycles. The summed E-state index contributed by atoms with van der Waals surface area (Å²) in [4.78, 5) is 52.7. The van der Waals surface area contributed by atoms with Gasteiger partial charge in [-0.25, -0.2) is 4.79 Å². The van der Waals surface area contributed by atoms with E-state index in [1.165, 1.54) is 18.2 Å². The third-order valence-electron chi connectivity index (χ3n) is 7.94. The van der Waals surface area contributed by atoms with Gasteiger partial charge in [-0.05, 0) is 41.7 Å². The molecule has 0 unspecified atom stereocenters.